The third kappa shape index (κ3) is 4.94. The van der Waals surface area contributed by atoms with Crippen LogP contribution in [0.2, 0.25) is 0 Å². The monoisotopic (exact) mass is 393 g/mol. The number of carbonyl (C=O) groups is 2. The Morgan fingerprint density at radius 2 is 1.93 bits per heavy atom. The van der Waals surface area contributed by atoms with E-state index in [0.29, 0.717) is 36.9 Å². The van der Waals surface area contributed by atoms with Crippen LogP contribution in [0.4, 0.5) is 9.18 Å². The summed E-state index contributed by atoms with van der Waals surface area (Å²) in [5.41, 5.74) is 0.329. The van der Waals surface area contributed by atoms with Crippen molar-refractivity contribution < 1.29 is 14.0 Å². The number of piperidine rings is 1. The molecule has 2 saturated heterocycles. The fourth-order valence-electron chi connectivity index (χ4n) is 3.58. The van der Waals surface area contributed by atoms with E-state index in [9.17, 15) is 14.0 Å². The number of nitrogens with zero attached hydrogens (tertiary/aromatic N) is 2. The van der Waals surface area contributed by atoms with Crippen molar-refractivity contribution >= 4 is 23.7 Å². The van der Waals surface area contributed by atoms with Gasteiger partial charge < -0.3 is 15.1 Å². The van der Waals surface area contributed by atoms with Crippen molar-refractivity contribution in [3.05, 3.63) is 35.6 Å². The number of carbonyl (C=O) groups excluding carboxylic acids is 2. The van der Waals surface area contributed by atoms with Crippen molar-refractivity contribution in [2.24, 2.45) is 5.92 Å². The highest BCUT2D eigenvalue weighted by molar-refractivity contribution is 8.00. The molecule has 5 nitrogen and oxygen atoms in total. The molecule has 1 aromatic carbocycles. The number of rotatable bonds is 3. The van der Waals surface area contributed by atoms with E-state index < -0.39 is 0 Å². The van der Waals surface area contributed by atoms with Crippen molar-refractivity contribution in [2.75, 3.05) is 25.4 Å². The molecule has 1 atom stereocenters. The molecule has 148 valence electrons. The van der Waals surface area contributed by atoms with Gasteiger partial charge in [-0.1, -0.05) is 18.2 Å². The van der Waals surface area contributed by atoms with Gasteiger partial charge in [-0.25, -0.2) is 9.18 Å². The molecule has 2 aliphatic heterocycles. The SMILES string of the molecule is CC(C)(C)NC(=O)N1CCC(CN2C(=O)CS[C@H]2c2ccccc2F)CC1. The lowest BCUT2D eigenvalue weighted by Gasteiger charge is -2.36. The van der Waals surface area contributed by atoms with E-state index in [2.05, 4.69) is 5.32 Å². The lowest BCUT2D eigenvalue weighted by molar-refractivity contribution is -0.128. The van der Waals surface area contributed by atoms with Crippen molar-refractivity contribution in [3.63, 3.8) is 0 Å². The first-order valence-corrected chi connectivity index (χ1v) is 10.5. The molecule has 0 aromatic heterocycles. The van der Waals surface area contributed by atoms with Gasteiger partial charge in [0.1, 0.15) is 11.2 Å². The van der Waals surface area contributed by atoms with Crippen LogP contribution in [0.1, 0.15) is 44.6 Å². The zero-order valence-electron chi connectivity index (χ0n) is 16.2. The van der Waals surface area contributed by atoms with Crippen LogP contribution < -0.4 is 5.32 Å². The molecular formula is C20H28FN3O2S. The summed E-state index contributed by atoms with van der Waals surface area (Å²) in [7, 11) is 0. The van der Waals surface area contributed by atoms with Gasteiger partial charge in [0.2, 0.25) is 5.91 Å². The van der Waals surface area contributed by atoms with Gasteiger partial charge in [-0.2, -0.15) is 0 Å². The lowest BCUT2D eigenvalue weighted by atomic mass is 9.96. The number of likely N-dealkylation sites (tertiary alicyclic amines) is 1. The third-order valence-corrected chi connectivity index (χ3v) is 6.22. The van der Waals surface area contributed by atoms with E-state index in [1.165, 1.54) is 17.8 Å². The average Bonchev–Trinajstić information content (AvgIpc) is 2.95. The predicted octanol–water partition coefficient (Wildman–Crippen LogP) is 3.62. The molecule has 1 N–H and O–H groups in total. The number of hydrogen-bond acceptors (Lipinski definition) is 3. The maximum atomic E-state index is 14.2. The molecule has 27 heavy (non-hydrogen) atoms. The highest BCUT2D eigenvalue weighted by Crippen LogP contribution is 2.40. The molecular weight excluding hydrogens is 365 g/mol. The smallest absolute Gasteiger partial charge is 0.317 e. The van der Waals surface area contributed by atoms with Gasteiger partial charge in [-0.3, -0.25) is 4.79 Å². The molecule has 0 aliphatic carbocycles. The summed E-state index contributed by atoms with van der Waals surface area (Å²) in [6, 6.07) is 6.66. The van der Waals surface area contributed by atoms with Crippen LogP contribution in [-0.4, -0.2) is 52.7 Å². The van der Waals surface area contributed by atoms with Crippen LogP contribution >= 0.6 is 11.8 Å². The fraction of sp³-hybridized carbons (Fsp3) is 0.600. The first-order chi connectivity index (χ1) is 12.7. The topological polar surface area (TPSA) is 52.7 Å². The molecule has 0 radical (unpaired) electrons. The number of benzene rings is 1. The van der Waals surface area contributed by atoms with Gasteiger partial charge in [0, 0.05) is 30.7 Å². The number of hydrogen-bond donors (Lipinski definition) is 1. The van der Waals surface area contributed by atoms with Crippen LogP contribution in [0, 0.1) is 11.7 Å². The summed E-state index contributed by atoms with van der Waals surface area (Å²) in [6.45, 7) is 7.91. The van der Waals surface area contributed by atoms with E-state index in [-0.39, 0.29) is 28.7 Å². The van der Waals surface area contributed by atoms with E-state index in [1.54, 1.807) is 12.1 Å². The Balaban J connectivity index is 1.58. The van der Waals surface area contributed by atoms with Crippen LogP contribution in [0.3, 0.4) is 0 Å². The van der Waals surface area contributed by atoms with Gasteiger partial charge in [-0.05, 0) is 45.6 Å². The molecule has 0 bridgehead atoms. The Kier molecular flexibility index (Phi) is 5.99. The zero-order valence-corrected chi connectivity index (χ0v) is 17.0. The van der Waals surface area contributed by atoms with Crippen LogP contribution in [-0.2, 0) is 4.79 Å². The molecule has 2 heterocycles. The molecule has 0 spiro atoms. The third-order valence-electron chi connectivity index (χ3n) is 4.98. The quantitative estimate of drug-likeness (QED) is 0.853. The summed E-state index contributed by atoms with van der Waals surface area (Å²) >= 11 is 1.49. The summed E-state index contributed by atoms with van der Waals surface area (Å²) in [4.78, 5) is 28.3. The lowest BCUT2D eigenvalue weighted by Crippen LogP contribution is -2.51. The van der Waals surface area contributed by atoms with Crippen molar-refractivity contribution in [2.45, 2.75) is 44.5 Å². The highest BCUT2D eigenvalue weighted by atomic mass is 32.2. The van der Waals surface area contributed by atoms with Crippen LogP contribution in [0.5, 0.6) is 0 Å². The molecule has 1 aromatic rings. The molecule has 3 rings (SSSR count). The summed E-state index contributed by atoms with van der Waals surface area (Å²) in [5, 5.41) is 2.75. The minimum atomic E-state index is -0.261. The molecule has 7 heteroatoms. The minimum Gasteiger partial charge on any atom is -0.333 e. The second kappa shape index (κ2) is 8.09. The van der Waals surface area contributed by atoms with Crippen molar-refractivity contribution in [1.82, 2.24) is 15.1 Å². The second-order valence-electron chi connectivity index (χ2n) is 8.34. The van der Waals surface area contributed by atoms with E-state index in [1.807, 2.05) is 36.6 Å². The maximum absolute atomic E-state index is 14.2. The predicted molar refractivity (Wildman–Crippen MR) is 106 cm³/mol. The fourth-order valence-corrected chi connectivity index (χ4v) is 4.80. The number of thioether (sulfide) groups is 1. The van der Waals surface area contributed by atoms with Gasteiger partial charge >= 0.3 is 6.03 Å². The average molecular weight is 394 g/mol. The Morgan fingerprint density at radius 1 is 1.26 bits per heavy atom. The Hall–Kier alpha value is -1.76. The van der Waals surface area contributed by atoms with Gasteiger partial charge in [0.25, 0.3) is 0 Å². The Bertz CT molecular complexity index is 699. The van der Waals surface area contributed by atoms with Gasteiger partial charge in [-0.15, -0.1) is 11.8 Å². The molecule has 2 aliphatic rings. The van der Waals surface area contributed by atoms with Crippen molar-refractivity contribution in [3.8, 4) is 0 Å². The largest absolute Gasteiger partial charge is 0.333 e. The Morgan fingerprint density at radius 3 is 2.56 bits per heavy atom. The highest BCUT2D eigenvalue weighted by Gasteiger charge is 2.36. The van der Waals surface area contributed by atoms with Crippen LogP contribution in [0.15, 0.2) is 24.3 Å². The summed E-state index contributed by atoms with van der Waals surface area (Å²) < 4.78 is 14.2. The first kappa shape index (κ1) is 20.0. The first-order valence-electron chi connectivity index (χ1n) is 9.47. The zero-order chi connectivity index (χ0) is 19.6. The van der Waals surface area contributed by atoms with E-state index in [4.69, 9.17) is 0 Å². The summed E-state index contributed by atoms with van der Waals surface area (Å²) in [6.07, 6.45) is 1.71. The molecule has 0 saturated carbocycles. The number of urea groups is 1. The second-order valence-corrected chi connectivity index (χ2v) is 9.41. The number of nitrogens with one attached hydrogen (secondary N) is 1. The number of halogens is 1. The maximum Gasteiger partial charge on any atom is 0.317 e. The molecule has 2 fully saturated rings. The minimum absolute atomic E-state index is 0.0296. The molecule has 0 unspecified atom stereocenters. The summed E-state index contributed by atoms with van der Waals surface area (Å²) in [5.74, 6) is 0.538. The normalized spacial score (nSPS) is 21.6. The molecule has 3 amide bonds. The van der Waals surface area contributed by atoms with Gasteiger partial charge in [0.05, 0.1) is 5.75 Å². The number of amides is 3. The van der Waals surface area contributed by atoms with Crippen LogP contribution in [0.25, 0.3) is 0 Å². The Labute approximate surface area is 164 Å². The van der Waals surface area contributed by atoms with E-state index >= 15 is 0 Å². The van der Waals surface area contributed by atoms with Gasteiger partial charge in [0.15, 0.2) is 0 Å². The van der Waals surface area contributed by atoms with E-state index in [0.717, 1.165) is 12.8 Å². The standard InChI is InChI=1S/C20H28FN3O2S/c1-20(2,3)22-19(26)23-10-8-14(9-11-23)12-24-17(25)13-27-18(24)15-6-4-5-7-16(15)21/h4-7,14,18H,8-13H2,1-3H3,(H,22,26)/t18-/m0/s1. The van der Waals surface area contributed by atoms with Crippen molar-refractivity contribution in [1.29, 1.82) is 0 Å².